The van der Waals surface area contributed by atoms with Gasteiger partial charge in [-0.05, 0) is 25.0 Å². The Balaban J connectivity index is 2.11. The Labute approximate surface area is 123 Å². The van der Waals surface area contributed by atoms with Crippen LogP contribution in [0.5, 0.6) is 0 Å². The van der Waals surface area contributed by atoms with Gasteiger partial charge in [-0.1, -0.05) is 11.6 Å². The second-order valence-electron chi connectivity index (χ2n) is 5.13. The molecule has 4 N–H and O–H groups in total. The summed E-state index contributed by atoms with van der Waals surface area (Å²) in [4.78, 5) is 2.07. The first kappa shape index (κ1) is 15.1. The molecular formula is C14H18ClN3O2. The molecule has 1 aliphatic heterocycles. The van der Waals surface area contributed by atoms with E-state index in [-0.39, 0.29) is 6.10 Å². The van der Waals surface area contributed by atoms with Crippen molar-refractivity contribution in [3.05, 3.63) is 28.3 Å². The highest BCUT2D eigenvalue weighted by atomic mass is 35.5. The largest absolute Gasteiger partial charge is 0.397 e. The molecule has 1 aromatic rings. The van der Waals surface area contributed by atoms with Gasteiger partial charge in [0, 0.05) is 25.2 Å². The Morgan fingerprint density at radius 3 is 2.70 bits per heavy atom. The van der Waals surface area contributed by atoms with Crippen LogP contribution in [0.4, 0.5) is 5.69 Å². The molecule has 1 saturated heterocycles. The number of hydrogen-bond acceptors (Lipinski definition) is 5. The van der Waals surface area contributed by atoms with Crippen LogP contribution in [-0.4, -0.2) is 40.9 Å². The van der Waals surface area contributed by atoms with Crippen molar-refractivity contribution in [2.24, 2.45) is 0 Å². The topological polar surface area (TPSA) is 93.5 Å². The highest BCUT2D eigenvalue weighted by molar-refractivity contribution is 6.34. The van der Waals surface area contributed by atoms with Crippen molar-refractivity contribution < 1.29 is 10.2 Å². The van der Waals surface area contributed by atoms with Gasteiger partial charge in [-0.15, -0.1) is 0 Å². The Morgan fingerprint density at radius 1 is 1.45 bits per heavy atom. The van der Waals surface area contributed by atoms with Crippen LogP contribution in [0.25, 0.3) is 0 Å². The minimum absolute atomic E-state index is 0.246. The number of nitrogens with zero attached hydrogens (tertiary/aromatic N) is 2. The molecule has 6 heteroatoms. The Morgan fingerprint density at radius 2 is 2.10 bits per heavy atom. The van der Waals surface area contributed by atoms with Gasteiger partial charge in [0.15, 0.2) is 0 Å². The summed E-state index contributed by atoms with van der Waals surface area (Å²) < 4.78 is 0. The predicted molar refractivity (Wildman–Crippen MR) is 77.2 cm³/mol. The second-order valence-corrected chi connectivity index (χ2v) is 5.51. The molecule has 2 rings (SSSR count). The van der Waals surface area contributed by atoms with Crippen LogP contribution in [0.2, 0.25) is 5.02 Å². The number of halogens is 1. The van der Waals surface area contributed by atoms with Crippen LogP contribution in [-0.2, 0) is 0 Å². The van der Waals surface area contributed by atoms with E-state index in [1.807, 2.05) is 6.07 Å². The highest BCUT2D eigenvalue weighted by Gasteiger charge is 2.22. The molecule has 0 aliphatic carbocycles. The summed E-state index contributed by atoms with van der Waals surface area (Å²) in [5.74, 6) is 0. The monoisotopic (exact) mass is 295 g/mol. The van der Waals surface area contributed by atoms with E-state index in [1.54, 1.807) is 6.07 Å². The average Bonchev–Trinajstić information content (AvgIpc) is 2.44. The fourth-order valence-corrected chi connectivity index (χ4v) is 2.66. The van der Waals surface area contributed by atoms with Crippen molar-refractivity contribution in [2.45, 2.75) is 25.0 Å². The van der Waals surface area contributed by atoms with Gasteiger partial charge < -0.3 is 20.8 Å². The maximum atomic E-state index is 10.3. The van der Waals surface area contributed by atoms with Gasteiger partial charge in [0.25, 0.3) is 0 Å². The van der Waals surface area contributed by atoms with Gasteiger partial charge >= 0.3 is 0 Å². The molecular weight excluding hydrogens is 278 g/mol. The first-order chi connectivity index (χ1) is 9.51. The number of likely N-dealkylation sites (tertiary alicyclic amines) is 1. The van der Waals surface area contributed by atoms with E-state index in [2.05, 4.69) is 4.90 Å². The standard InChI is InChI=1S/C14H18ClN3O2/c15-14-11(5-9(7-16)6-12(14)17)13(20)8-18-3-1-10(19)2-4-18/h5-6,10,13,19-20H,1-4,8,17H2. The number of rotatable bonds is 3. The first-order valence-electron chi connectivity index (χ1n) is 6.58. The lowest BCUT2D eigenvalue weighted by atomic mass is 10.0. The van der Waals surface area contributed by atoms with Gasteiger partial charge in [-0.25, -0.2) is 0 Å². The number of anilines is 1. The summed E-state index contributed by atoms with van der Waals surface area (Å²) in [5.41, 5.74) is 6.91. The molecule has 1 unspecified atom stereocenters. The minimum atomic E-state index is -0.798. The maximum absolute atomic E-state index is 10.3. The number of aliphatic hydroxyl groups excluding tert-OH is 2. The molecule has 108 valence electrons. The molecule has 0 spiro atoms. The number of nitrogens with two attached hydrogens (primary N) is 1. The zero-order chi connectivity index (χ0) is 14.7. The zero-order valence-corrected chi connectivity index (χ0v) is 11.8. The quantitative estimate of drug-likeness (QED) is 0.731. The SMILES string of the molecule is N#Cc1cc(N)c(Cl)c(C(O)CN2CCC(O)CC2)c1. The van der Waals surface area contributed by atoms with E-state index in [4.69, 9.17) is 22.6 Å². The lowest BCUT2D eigenvalue weighted by Gasteiger charge is -2.31. The molecule has 0 radical (unpaired) electrons. The zero-order valence-electron chi connectivity index (χ0n) is 11.1. The van der Waals surface area contributed by atoms with Crippen LogP contribution in [0.1, 0.15) is 30.1 Å². The molecule has 1 aromatic carbocycles. The third-order valence-electron chi connectivity index (χ3n) is 3.61. The van der Waals surface area contributed by atoms with E-state index in [0.29, 0.717) is 41.2 Å². The number of aliphatic hydroxyl groups is 2. The van der Waals surface area contributed by atoms with E-state index in [1.165, 1.54) is 6.07 Å². The fraction of sp³-hybridized carbons (Fsp3) is 0.500. The fourth-order valence-electron chi connectivity index (χ4n) is 2.42. The minimum Gasteiger partial charge on any atom is -0.397 e. The smallest absolute Gasteiger partial charge is 0.0992 e. The number of nitrogen functional groups attached to an aromatic ring is 1. The van der Waals surface area contributed by atoms with Crippen molar-refractivity contribution in [1.29, 1.82) is 5.26 Å². The van der Waals surface area contributed by atoms with E-state index >= 15 is 0 Å². The Bertz CT molecular complexity index is 522. The van der Waals surface area contributed by atoms with Gasteiger partial charge in [0.2, 0.25) is 0 Å². The van der Waals surface area contributed by atoms with Crippen LogP contribution < -0.4 is 5.73 Å². The lowest BCUT2D eigenvalue weighted by molar-refractivity contribution is 0.0508. The average molecular weight is 296 g/mol. The number of benzene rings is 1. The summed E-state index contributed by atoms with van der Waals surface area (Å²) in [6.07, 6.45) is 0.375. The highest BCUT2D eigenvalue weighted by Crippen LogP contribution is 2.30. The normalized spacial score (nSPS) is 18.7. The molecule has 20 heavy (non-hydrogen) atoms. The van der Waals surface area contributed by atoms with Crippen molar-refractivity contribution in [1.82, 2.24) is 4.90 Å². The lowest BCUT2D eigenvalue weighted by Crippen LogP contribution is -2.38. The van der Waals surface area contributed by atoms with Gasteiger partial charge in [0.1, 0.15) is 0 Å². The molecule has 1 atom stereocenters. The molecule has 1 fully saturated rings. The van der Waals surface area contributed by atoms with E-state index < -0.39 is 6.10 Å². The summed E-state index contributed by atoms with van der Waals surface area (Å²) in [6, 6.07) is 5.07. The summed E-state index contributed by atoms with van der Waals surface area (Å²) in [7, 11) is 0. The molecule has 0 bridgehead atoms. The molecule has 1 heterocycles. The van der Waals surface area contributed by atoms with Crippen molar-refractivity contribution in [3.8, 4) is 6.07 Å². The summed E-state index contributed by atoms with van der Waals surface area (Å²) >= 11 is 6.10. The van der Waals surface area contributed by atoms with Gasteiger partial charge in [0.05, 0.1) is 34.6 Å². The van der Waals surface area contributed by atoms with Crippen LogP contribution in [0.3, 0.4) is 0 Å². The maximum Gasteiger partial charge on any atom is 0.0992 e. The first-order valence-corrected chi connectivity index (χ1v) is 6.96. The van der Waals surface area contributed by atoms with E-state index in [9.17, 15) is 10.2 Å². The second kappa shape index (κ2) is 6.42. The van der Waals surface area contributed by atoms with Crippen molar-refractivity contribution in [3.63, 3.8) is 0 Å². The summed E-state index contributed by atoms with van der Waals surface area (Å²) in [5, 5.41) is 29.0. The predicted octanol–water partition coefficient (Wildman–Crippen LogP) is 1.28. The van der Waals surface area contributed by atoms with Gasteiger partial charge in [-0.2, -0.15) is 5.26 Å². The van der Waals surface area contributed by atoms with Gasteiger partial charge in [-0.3, -0.25) is 0 Å². The molecule has 5 nitrogen and oxygen atoms in total. The molecule has 1 aliphatic rings. The third-order valence-corrected chi connectivity index (χ3v) is 4.04. The number of β-amino-alcohol motifs (C(OH)–C–C–N with tert-alkyl or cyclic N) is 1. The number of piperidine rings is 1. The number of nitriles is 1. The van der Waals surface area contributed by atoms with Crippen molar-refractivity contribution in [2.75, 3.05) is 25.4 Å². The van der Waals surface area contributed by atoms with Crippen molar-refractivity contribution >= 4 is 17.3 Å². The molecule has 0 aromatic heterocycles. The number of hydrogen-bond donors (Lipinski definition) is 3. The molecule has 0 amide bonds. The molecule has 0 saturated carbocycles. The van der Waals surface area contributed by atoms with E-state index in [0.717, 1.165) is 13.1 Å². The van der Waals surface area contributed by atoms with Crippen LogP contribution >= 0.6 is 11.6 Å². The summed E-state index contributed by atoms with van der Waals surface area (Å²) in [6.45, 7) is 1.90. The van der Waals surface area contributed by atoms with Crippen LogP contribution in [0, 0.1) is 11.3 Å². The Kier molecular flexibility index (Phi) is 4.84. The third kappa shape index (κ3) is 3.41. The Hall–Kier alpha value is -1.32. The van der Waals surface area contributed by atoms with Crippen LogP contribution in [0.15, 0.2) is 12.1 Å².